The van der Waals surface area contributed by atoms with Gasteiger partial charge in [-0.25, -0.2) is 0 Å². The zero-order valence-electron chi connectivity index (χ0n) is 38.4. The summed E-state index contributed by atoms with van der Waals surface area (Å²) in [6, 6.07) is 101. The molecule has 2 radical (unpaired) electrons. The highest BCUT2D eigenvalue weighted by Crippen LogP contribution is 2.50. The highest BCUT2D eigenvalue weighted by atomic mass is 15.3. The molecule has 0 spiro atoms. The molecule has 1 heterocycles. The van der Waals surface area contributed by atoms with Gasteiger partial charge in [-0.05, 0) is 66.8 Å². The molecule has 2 nitrogen and oxygen atoms in total. The summed E-state index contributed by atoms with van der Waals surface area (Å²) in [6.07, 6.45) is 4.45. The van der Waals surface area contributed by atoms with E-state index < -0.39 is 0 Å². The molecule has 330 valence electrons. The van der Waals surface area contributed by atoms with E-state index in [0.717, 1.165) is 11.4 Å². The van der Waals surface area contributed by atoms with E-state index in [-0.39, 0.29) is 23.7 Å². The second kappa shape index (κ2) is 20.2. The summed E-state index contributed by atoms with van der Waals surface area (Å²) < 4.78 is 0. The van der Waals surface area contributed by atoms with E-state index in [1.165, 1.54) is 66.8 Å². The van der Waals surface area contributed by atoms with Gasteiger partial charge >= 0.3 is 0 Å². The monoisotopic (exact) mass is 884 g/mol. The lowest BCUT2D eigenvalue weighted by Crippen LogP contribution is -2.25. The number of nitrogens with zero attached hydrogens (tertiary/aromatic N) is 2. The zero-order chi connectivity index (χ0) is 46.2. The van der Waals surface area contributed by atoms with Crippen molar-refractivity contribution in [3.05, 3.63) is 365 Å². The number of anilines is 2. The second-order valence-electron chi connectivity index (χ2n) is 17.7. The predicted molar refractivity (Wildman–Crippen MR) is 286 cm³/mol. The highest BCUT2D eigenvalue weighted by molar-refractivity contribution is 5.77. The van der Waals surface area contributed by atoms with Crippen LogP contribution in [0.3, 0.4) is 0 Å². The molecule has 0 bridgehead atoms. The zero-order valence-corrected chi connectivity index (χ0v) is 38.4. The molecule has 0 saturated carbocycles. The third-order valence-electron chi connectivity index (χ3n) is 13.6. The molecular weight excluding hydrogens is 833 g/mol. The molecule has 0 unspecified atom stereocenters. The molecule has 0 aliphatic carbocycles. The van der Waals surface area contributed by atoms with E-state index in [9.17, 15) is 0 Å². The van der Waals surface area contributed by atoms with Crippen LogP contribution in [0, 0.1) is 6.67 Å². The average molecular weight is 885 g/mol. The first-order valence-corrected chi connectivity index (χ1v) is 24.0. The predicted octanol–water partition coefficient (Wildman–Crippen LogP) is 16.2. The Balaban J connectivity index is 1.15. The lowest BCUT2D eigenvalue weighted by Gasteiger charge is -2.33. The van der Waals surface area contributed by atoms with Crippen molar-refractivity contribution < 1.29 is 0 Å². The minimum atomic E-state index is -0.0669. The molecule has 11 rings (SSSR count). The van der Waals surface area contributed by atoms with Crippen molar-refractivity contribution in [3.63, 3.8) is 0 Å². The van der Waals surface area contributed by atoms with Gasteiger partial charge in [0.05, 0.1) is 11.4 Å². The van der Waals surface area contributed by atoms with Gasteiger partial charge in [-0.2, -0.15) is 0 Å². The Hall–Kier alpha value is -8.46. The van der Waals surface area contributed by atoms with Gasteiger partial charge in [-0.3, -0.25) is 0 Å². The van der Waals surface area contributed by atoms with Crippen LogP contribution >= 0.6 is 0 Å². The lowest BCUT2D eigenvalue weighted by atomic mass is 9.78. The molecule has 10 aromatic carbocycles. The van der Waals surface area contributed by atoms with Crippen molar-refractivity contribution in [2.75, 3.05) is 9.80 Å². The first-order valence-electron chi connectivity index (χ1n) is 24.0. The van der Waals surface area contributed by atoms with Crippen molar-refractivity contribution in [1.82, 2.24) is 0 Å². The fraction of sp³-hybridized carbons (Fsp3) is 0.0597. The second-order valence-corrected chi connectivity index (χ2v) is 17.7. The van der Waals surface area contributed by atoms with Crippen LogP contribution < -0.4 is 9.80 Å². The summed E-state index contributed by atoms with van der Waals surface area (Å²) >= 11 is 0. The summed E-state index contributed by atoms with van der Waals surface area (Å²) in [5, 5.41) is 0. The molecular formula is C67H52N2. The molecule has 0 fully saturated rings. The van der Waals surface area contributed by atoms with Crippen molar-refractivity contribution >= 4 is 11.4 Å². The number of rotatable bonds is 14. The fourth-order valence-electron chi connectivity index (χ4n) is 10.6. The summed E-state index contributed by atoms with van der Waals surface area (Å²) in [6.45, 7) is 4.07. The summed E-state index contributed by atoms with van der Waals surface area (Å²) in [5.41, 5.74) is 16.9. The standard InChI is InChI=1S/C67H52N2/c1-9-27-50(28-10-1)62(51-29-11-2-12-30-51)58-43-25-44-59(63(52-31-13-3-14-32-52)53-33-15-4-16-34-53)66(58)68-47-48-69(49-68)67-60(64(54-35-17-5-18-36-54)55-37-19-6-20-38-55)45-26-46-61(67)65(56-39-21-7-22-40-56)57-41-23-8-24-42-57/h1-48,62-65H. The Bertz CT molecular complexity index is 2650. The molecule has 0 aromatic heterocycles. The highest BCUT2D eigenvalue weighted by Gasteiger charge is 2.35. The van der Waals surface area contributed by atoms with Gasteiger partial charge in [-0.15, -0.1) is 0 Å². The summed E-state index contributed by atoms with van der Waals surface area (Å²) in [5.74, 6) is -0.268. The van der Waals surface area contributed by atoms with Crippen molar-refractivity contribution in [1.29, 1.82) is 0 Å². The topological polar surface area (TPSA) is 6.48 Å². The van der Waals surface area contributed by atoms with Crippen LogP contribution in [0.4, 0.5) is 11.4 Å². The molecule has 2 heteroatoms. The minimum absolute atomic E-state index is 0.0669. The van der Waals surface area contributed by atoms with E-state index in [1.807, 2.05) is 0 Å². The van der Waals surface area contributed by atoms with Gasteiger partial charge in [0.25, 0.3) is 0 Å². The summed E-state index contributed by atoms with van der Waals surface area (Å²) in [4.78, 5) is 4.56. The van der Waals surface area contributed by atoms with E-state index in [4.69, 9.17) is 0 Å². The third-order valence-corrected chi connectivity index (χ3v) is 13.6. The Morgan fingerprint density at radius 2 is 0.377 bits per heavy atom. The Labute approximate surface area is 407 Å². The molecule has 1 aliphatic heterocycles. The quantitative estimate of drug-likeness (QED) is 0.100. The van der Waals surface area contributed by atoms with Crippen LogP contribution in [0.1, 0.15) is 90.4 Å². The molecule has 0 saturated heterocycles. The van der Waals surface area contributed by atoms with Gasteiger partial charge < -0.3 is 9.80 Å². The van der Waals surface area contributed by atoms with Crippen molar-refractivity contribution in [3.8, 4) is 0 Å². The Kier molecular flexibility index (Phi) is 12.6. The third kappa shape index (κ3) is 8.93. The van der Waals surface area contributed by atoms with E-state index in [0.29, 0.717) is 0 Å². The maximum absolute atomic E-state index is 4.07. The fourth-order valence-corrected chi connectivity index (χ4v) is 10.6. The van der Waals surface area contributed by atoms with E-state index in [1.54, 1.807) is 0 Å². The first-order chi connectivity index (χ1) is 34.3. The maximum atomic E-state index is 4.07. The van der Waals surface area contributed by atoms with E-state index >= 15 is 0 Å². The smallest absolute Gasteiger partial charge is 0.217 e. The number of hydrogen-bond donors (Lipinski definition) is 0. The Morgan fingerprint density at radius 1 is 0.203 bits per heavy atom. The van der Waals surface area contributed by atoms with Crippen molar-refractivity contribution in [2.24, 2.45) is 0 Å². The van der Waals surface area contributed by atoms with Crippen LogP contribution in [-0.2, 0) is 0 Å². The van der Waals surface area contributed by atoms with Gasteiger partial charge in [0.15, 0.2) is 0 Å². The van der Waals surface area contributed by atoms with Crippen molar-refractivity contribution in [2.45, 2.75) is 23.7 Å². The van der Waals surface area contributed by atoms with Gasteiger partial charge in [0, 0.05) is 36.1 Å². The molecule has 1 aliphatic rings. The molecule has 0 atom stereocenters. The van der Waals surface area contributed by atoms with Crippen LogP contribution in [-0.4, -0.2) is 0 Å². The van der Waals surface area contributed by atoms with Gasteiger partial charge in [-0.1, -0.05) is 279 Å². The van der Waals surface area contributed by atoms with Gasteiger partial charge in [0.1, 0.15) is 0 Å². The summed E-state index contributed by atoms with van der Waals surface area (Å²) in [7, 11) is 0. The van der Waals surface area contributed by atoms with Crippen LogP contribution in [0.15, 0.2) is 291 Å². The normalized spacial score (nSPS) is 12.4. The number of para-hydroxylation sites is 2. The molecule has 0 amide bonds. The number of hydrogen-bond acceptors (Lipinski definition) is 2. The number of benzene rings is 10. The maximum Gasteiger partial charge on any atom is 0.217 e. The Morgan fingerprint density at radius 3 is 0.551 bits per heavy atom. The minimum Gasteiger partial charge on any atom is -0.314 e. The lowest BCUT2D eigenvalue weighted by molar-refractivity contribution is 0.909. The van der Waals surface area contributed by atoms with Crippen LogP contribution in [0.2, 0.25) is 0 Å². The largest absolute Gasteiger partial charge is 0.314 e. The van der Waals surface area contributed by atoms with Crippen LogP contribution in [0.5, 0.6) is 0 Å². The molecule has 0 N–H and O–H groups in total. The molecule has 10 aromatic rings. The van der Waals surface area contributed by atoms with E-state index in [2.05, 4.69) is 308 Å². The average Bonchev–Trinajstić information content (AvgIpc) is 3.91. The molecule has 69 heavy (non-hydrogen) atoms. The first kappa shape index (κ1) is 43.1. The van der Waals surface area contributed by atoms with Gasteiger partial charge in [0.2, 0.25) is 6.67 Å². The SMILES string of the molecule is [C]1N(c2c(C(c3ccccc3)c3ccccc3)cccc2C(c2ccccc2)c2ccccc2)C=CN1c1c(C(c2ccccc2)c2ccccc2)cccc1C(c1ccccc1)c1ccccc1. The van der Waals surface area contributed by atoms with Crippen LogP contribution in [0.25, 0.3) is 0 Å².